The van der Waals surface area contributed by atoms with E-state index >= 15 is 0 Å². The second-order valence-corrected chi connectivity index (χ2v) is 2.62. The molecule has 3 N–H and O–H groups in total. The number of carbonyl (C=O) groups excluding carboxylic acids is 1. The summed E-state index contributed by atoms with van der Waals surface area (Å²) in [6.07, 6.45) is 0. The number of nitrogens with one attached hydrogen (secondary N) is 1. The summed E-state index contributed by atoms with van der Waals surface area (Å²) < 4.78 is 0. The molecule has 1 aromatic carbocycles. The predicted octanol–water partition coefficient (Wildman–Crippen LogP) is 0.641. The summed E-state index contributed by atoms with van der Waals surface area (Å²) >= 11 is 0. The molecular formula is C9H12N2O. The number of hydrogen-bond donors (Lipinski definition) is 2. The SMILES string of the molecule is Cc1ccccc1C(=O)CNN. The quantitative estimate of drug-likeness (QED) is 0.391. The Labute approximate surface area is 71.5 Å². The van der Waals surface area contributed by atoms with E-state index in [9.17, 15) is 4.79 Å². The van der Waals surface area contributed by atoms with Crippen molar-refractivity contribution >= 4 is 5.78 Å². The smallest absolute Gasteiger partial charge is 0.178 e. The highest BCUT2D eigenvalue weighted by Crippen LogP contribution is 2.06. The number of hydrazine groups is 1. The lowest BCUT2D eigenvalue weighted by Gasteiger charge is -2.02. The van der Waals surface area contributed by atoms with Crippen LogP contribution in [0.25, 0.3) is 0 Å². The molecule has 0 unspecified atom stereocenters. The highest BCUT2D eigenvalue weighted by molar-refractivity contribution is 5.98. The first-order valence-corrected chi connectivity index (χ1v) is 3.78. The molecule has 0 saturated heterocycles. The molecule has 0 atom stereocenters. The van der Waals surface area contributed by atoms with E-state index in [0.717, 1.165) is 11.1 Å². The molecular weight excluding hydrogens is 152 g/mol. The first-order valence-electron chi connectivity index (χ1n) is 3.78. The Bertz CT molecular complexity index is 284. The lowest BCUT2D eigenvalue weighted by molar-refractivity contribution is 0.0991. The van der Waals surface area contributed by atoms with Gasteiger partial charge in [-0.2, -0.15) is 0 Å². The topological polar surface area (TPSA) is 55.1 Å². The molecule has 0 fully saturated rings. The van der Waals surface area contributed by atoms with Crippen molar-refractivity contribution in [2.24, 2.45) is 5.84 Å². The fourth-order valence-corrected chi connectivity index (χ4v) is 1.07. The molecule has 0 spiro atoms. The molecule has 0 radical (unpaired) electrons. The van der Waals surface area contributed by atoms with Crippen molar-refractivity contribution in [1.29, 1.82) is 0 Å². The van der Waals surface area contributed by atoms with Crippen molar-refractivity contribution in [2.45, 2.75) is 6.92 Å². The minimum absolute atomic E-state index is 0.0237. The number of nitrogens with two attached hydrogens (primary N) is 1. The predicted molar refractivity (Wildman–Crippen MR) is 47.7 cm³/mol. The first kappa shape index (κ1) is 8.90. The summed E-state index contributed by atoms with van der Waals surface area (Å²) in [6.45, 7) is 2.09. The molecule has 12 heavy (non-hydrogen) atoms. The zero-order valence-corrected chi connectivity index (χ0v) is 7.00. The van der Waals surface area contributed by atoms with Crippen molar-refractivity contribution in [3.63, 3.8) is 0 Å². The highest BCUT2D eigenvalue weighted by Gasteiger charge is 2.05. The van der Waals surface area contributed by atoms with E-state index in [1.807, 2.05) is 25.1 Å². The van der Waals surface area contributed by atoms with Crippen molar-refractivity contribution in [1.82, 2.24) is 5.43 Å². The van der Waals surface area contributed by atoms with Crippen molar-refractivity contribution in [3.8, 4) is 0 Å². The molecule has 0 bridgehead atoms. The Hall–Kier alpha value is -1.19. The summed E-state index contributed by atoms with van der Waals surface area (Å²) in [5.74, 6) is 5.07. The van der Waals surface area contributed by atoms with Crippen LogP contribution in [-0.2, 0) is 0 Å². The zero-order valence-electron chi connectivity index (χ0n) is 7.00. The van der Waals surface area contributed by atoms with Gasteiger partial charge in [0, 0.05) is 5.56 Å². The standard InChI is InChI=1S/C9H12N2O/c1-7-4-2-3-5-8(7)9(12)6-11-10/h2-5,11H,6,10H2,1H3. The zero-order chi connectivity index (χ0) is 8.97. The molecule has 0 aliphatic carbocycles. The molecule has 0 aromatic heterocycles. The average Bonchev–Trinajstić information content (AvgIpc) is 2.05. The van der Waals surface area contributed by atoms with Crippen molar-refractivity contribution in [2.75, 3.05) is 6.54 Å². The van der Waals surface area contributed by atoms with Gasteiger partial charge in [-0.25, -0.2) is 0 Å². The van der Waals surface area contributed by atoms with Crippen LogP contribution in [0.4, 0.5) is 0 Å². The highest BCUT2D eigenvalue weighted by atomic mass is 16.1. The van der Waals surface area contributed by atoms with E-state index < -0.39 is 0 Å². The van der Waals surface area contributed by atoms with Gasteiger partial charge in [0.25, 0.3) is 0 Å². The maximum Gasteiger partial charge on any atom is 0.178 e. The van der Waals surface area contributed by atoms with Crippen LogP contribution in [-0.4, -0.2) is 12.3 Å². The third-order valence-electron chi connectivity index (χ3n) is 1.71. The molecule has 3 heteroatoms. The molecule has 1 aromatic rings. The maximum atomic E-state index is 11.3. The Morgan fingerprint density at radius 2 is 2.17 bits per heavy atom. The number of ketones is 1. The van der Waals surface area contributed by atoms with E-state index in [4.69, 9.17) is 5.84 Å². The molecule has 1 rings (SSSR count). The number of Topliss-reactive ketones (excluding diaryl/α,β-unsaturated/α-hetero) is 1. The van der Waals surface area contributed by atoms with Crippen LogP contribution in [0.5, 0.6) is 0 Å². The summed E-state index contributed by atoms with van der Waals surface area (Å²) in [5.41, 5.74) is 4.06. The van der Waals surface area contributed by atoms with Gasteiger partial charge in [-0.1, -0.05) is 24.3 Å². The number of carbonyl (C=O) groups is 1. The van der Waals surface area contributed by atoms with Crippen LogP contribution in [0.2, 0.25) is 0 Å². The number of rotatable bonds is 3. The van der Waals surface area contributed by atoms with Gasteiger partial charge in [0.2, 0.25) is 0 Å². The van der Waals surface area contributed by atoms with Crippen LogP contribution in [0.1, 0.15) is 15.9 Å². The molecule has 3 nitrogen and oxygen atoms in total. The van der Waals surface area contributed by atoms with E-state index in [1.165, 1.54) is 0 Å². The Morgan fingerprint density at radius 3 is 2.75 bits per heavy atom. The summed E-state index contributed by atoms with van der Waals surface area (Å²) in [5, 5.41) is 0. The van der Waals surface area contributed by atoms with E-state index in [0.29, 0.717) is 0 Å². The van der Waals surface area contributed by atoms with Gasteiger partial charge in [0.15, 0.2) is 5.78 Å². The monoisotopic (exact) mass is 164 g/mol. The van der Waals surface area contributed by atoms with Gasteiger partial charge >= 0.3 is 0 Å². The second kappa shape index (κ2) is 3.99. The van der Waals surface area contributed by atoms with E-state index in [2.05, 4.69) is 5.43 Å². The number of benzene rings is 1. The van der Waals surface area contributed by atoms with Crippen LogP contribution in [0.3, 0.4) is 0 Å². The molecule has 0 aliphatic rings. The average molecular weight is 164 g/mol. The third kappa shape index (κ3) is 1.90. The van der Waals surface area contributed by atoms with Gasteiger partial charge in [-0.3, -0.25) is 16.1 Å². The third-order valence-corrected chi connectivity index (χ3v) is 1.71. The first-order chi connectivity index (χ1) is 5.75. The number of aryl methyl sites for hydroxylation is 1. The summed E-state index contributed by atoms with van der Waals surface area (Å²) in [4.78, 5) is 11.3. The van der Waals surface area contributed by atoms with Gasteiger partial charge in [-0.15, -0.1) is 0 Å². The van der Waals surface area contributed by atoms with Crippen LogP contribution < -0.4 is 11.3 Å². The normalized spacial score (nSPS) is 9.83. The fraction of sp³-hybridized carbons (Fsp3) is 0.222. The molecule has 0 amide bonds. The molecule has 64 valence electrons. The Balaban J connectivity index is 2.87. The van der Waals surface area contributed by atoms with Crippen LogP contribution in [0, 0.1) is 6.92 Å². The minimum atomic E-state index is 0.0237. The number of hydrogen-bond acceptors (Lipinski definition) is 3. The van der Waals surface area contributed by atoms with Crippen LogP contribution >= 0.6 is 0 Å². The van der Waals surface area contributed by atoms with E-state index in [1.54, 1.807) is 6.07 Å². The van der Waals surface area contributed by atoms with Gasteiger partial charge in [-0.05, 0) is 12.5 Å². The van der Waals surface area contributed by atoms with Crippen molar-refractivity contribution < 1.29 is 4.79 Å². The molecule has 0 saturated carbocycles. The van der Waals surface area contributed by atoms with E-state index in [-0.39, 0.29) is 12.3 Å². The van der Waals surface area contributed by atoms with Crippen molar-refractivity contribution in [3.05, 3.63) is 35.4 Å². The van der Waals surface area contributed by atoms with Gasteiger partial charge < -0.3 is 0 Å². The summed E-state index contributed by atoms with van der Waals surface area (Å²) in [6, 6.07) is 7.46. The Kier molecular flexibility index (Phi) is 2.96. The summed E-state index contributed by atoms with van der Waals surface area (Å²) in [7, 11) is 0. The lowest BCUT2D eigenvalue weighted by atomic mass is 10.1. The maximum absolute atomic E-state index is 11.3. The van der Waals surface area contributed by atoms with Gasteiger partial charge in [0.05, 0.1) is 6.54 Å². The fourth-order valence-electron chi connectivity index (χ4n) is 1.07. The largest absolute Gasteiger partial charge is 0.293 e. The molecule has 0 heterocycles. The minimum Gasteiger partial charge on any atom is -0.293 e. The Morgan fingerprint density at radius 1 is 1.50 bits per heavy atom. The van der Waals surface area contributed by atoms with Gasteiger partial charge in [0.1, 0.15) is 0 Å². The second-order valence-electron chi connectivity index (χ2n) is 2.62. The van der Waals surface area contributed by atoms with Crippen LogP contribution in [0.15, 0.2) is 24.3 Å². The molecule has 0 aliphatic heterocycles. The lowest BCUT2D eigenvalue weighted by Crippen LogP contribution is -2.29.